The molecule has 1 N–H and O–H groups in total. The Kier molecular flexibility index (Phi) is 5.67. The van der Waals surface area contributed by atoms with Crippen molar-refractivity contribution in [2.45, 2.75) is 25.1 Å². The predicted molar refractivity (Wildman–Crippen MR) is 59.1 cm³/mol. The smallest absolute Gasteiger partial charge is 0.276 e. The Labute approximate surface area is 94.0 Å². The Hall–Kier alpha value is -0.590. The second-order valence-electron chi connectivity index (χ2n) is 3.25. The second-order valence-corrected chi connectivity index (χ2v) is 4.29. The summed E-state index contributed by atoms with van der Waals surface area (Å²) < 4.78 is 10.2. The zero-order chi connectivity index (χ0) is 11.1. The third kappa shape index (κ3) is 5.15. The SMILES string of the molecule is COCC(C)NCCSc1nnc(C)o1. The summed E-state index contributed by atoms with van der Waals surface area (Å²) in [6.45, 7) is 5.50. The fourth-order valence-electron chi connectivity index (χ4n) is 1.09. The lowest BCUT2D eigenvalue weighted by atomic mass is 10.4. The van der Waals surface area contributed by atoms with E-state index < -0.39 is 0 Å². The molecular weight excluding hydrogens is 214 g/mol. The zero-order valence-corrected chi connectivity index (χ0v) is 10.1. The van der Waals surface area contributed by atoms with Crippen LogP contribution in [0.4, 0.5) is 0 Å². The van der Waals surface area contributed by atoms with Crippen LogP contribution in [0.5, 0.6) is 0 Å². The number of aryl methyl sites for hydroxylation is 1. The highest BCUT2D eigenvalue weighted by molar-refractivity contribution is 7.99. The maximum Gasteiger partial charge on any atom is 0.276 e. The van der Waals surface area contributed by atoms with Crippen molar-refractivity contribution in [2.24, 2.45) is 0 Å². The van der Waals surface area contributed by atoms with Crippen molar-refractivity contribution >= 4 is 11.8 Å². The summed E-state index contributed by atoms with van der Waals surface area (Å²) in [5.41, 5.74) is 0. The Bertz CT molecular complexity index is 280. The normalized spacial score (nSPS) is 13.0. The lowest BCUT2D eigenvalue weighted by Gasteiger charge is -2.11. The van der Waals surface area contributed by atoms with E-state index in [2.05, 4.69) is 22.4 Å². The largest absolute Gasteiger partial charge is 0.416 e. The lowest BCUT2D eigenvalue weighted by Crippen LogP contribution is -2.31. The molecule has 1 unspecified atom stereocenters. The number of hydrogen-bond donors (Lipinski definition) is 1. The minimum Gasteiger partial charge on any atom is -0.416 e. The van der Waals surface area contributed by atoms with Crippen molar-refractivity contribution in [3.63, 3.8) is 0 Å². The summed E-state index contributed by atoms with van der Waals surface area (Å²) in [6, 6.07) is 0.375. The van der Waals surface area contributed by atoms with Gasteiger partial charge in [-0.25, -0.2) is 0 Å². The topological polar surface area (TPSA) is 60.2 Å². The molecule has 15 heavy (non-hydrogen) atoms. The molecule has 1 heterocycles. The molecule has 0 aliphatic carbocycles. The first-order chi connectivity index (χ1) is 7.22. The molecule has 1 rings (SSSR count). The van der Waals surface area contributed by atoms with Crippen molar-refractivity contribution in [1.82, 2.24) is 15.5 Å². The lowest BCUT2D eigenvalue weighted by molar-refractivity contribution is 0.173. The molecule has 5 nitrogen and oxygen atoms in total. The Balaban J connectivity index is 2.06. The molecule has 0 fully saturated rings. The Morgan fingerprint density at radius 2 is 2.33 bits per heavy atom. The minimum absolute atomic E-state index is 0.375. The highest BCUT2D eigenvalue weighted by Crippen LogP contribution is 2.14. The number of ether oxygens (including phenoxy) is 1. The van der Waals surface area contributed by atoms with Crippen molar-refractivity contribution in [3.8, 4) is 0 Å². The highest BCUT2D eigenvalue weighted by Gasteiger charge is 2.03. The average molecular weight is 231 g/mol. The molecule has 1 aromatic heterocycles. The Morgan fingerprint density at radius 1 is 1.53 bits per heavy atom. The van der Waals surface area contributed by atoms with Crippen LogP contribution in [-0.2, 0) is 4.74 Å². The van der Waals surface area contributed by atoms with Crippen molar-refractivity contribution in [1.29, 1.82) is 0 Å². The summed E-state index contributed by atoms with van der Waals surface area (Å²) in [5.74, 6) is 1.52. The molecule has 0 bridgehead atoms. The quantitative estimate of drug-likeness (QED) is 0.560. The molecule has 1 atom stereocenters. The predicted octanol–water partition coefficient (Wildman–Crippen LogP) is 1.09. The number of hydrogen-bond acceptors (Lipinski definition) is 6. The molecule has 86 valence electrons. The molecule has 0 saturated heterocycles. The summed E-state index contributed by atoms with van der Waals surface area (Å²) in [4.78, 5) is 0. The van der Waals surface area contributed by atoms with Gasteiger partial charge < -0.3 is 14.5 Å². The van der Waals surface area contributed by atoms with Gasteiger partial charge in [-0.3, -0.25) is 0 Å². The number of thioether (sulfide) groups is 1. The van der Waals surface area contributed by atoms with E-state index >= 15 is 0 Å². The fourth-order valence-corrected chi connectivity index (χ4v) is 1.76. The summed E-state index contributed by atoms with van der Waals surface area (Å²) in [5, 5.41) is 11.6. The standard InChI is InChI=1S/C9H17N3O2S/c1-7(6-13-3)10-4-5-15-9-12-11-8(2)14-9/h7,10H,4-6H2,1-3H3. The minimum atomic E-state index is 0.375. The fraction of sp³-hybridized carbons (Fsp3) is 0.778. The number of aromatic nitrogens is 2. The van der Waals surface area contributed by atoms with E-state index in [0.29, 0.717) is 17.2 Å². The van der Waals surface area contributed by atoms with Crippen LogP contribution in [0.3, 0.4) is 0 Å². The van der Waals surface area contributed by atoms with Gasteiger partial charge in [-0.05, 0) is 6.92 Å². The Morgan fingerprint density at radius 3 is 2.93 bits per heavy atom. The van der Waals surface area contributed by atoms with Crippen LogP contribution >= 0.6 is 11.8 Å². The van der Waals surface area contributed by atoms with Crippen molar-refractivity contribution in [3.05, 3.63) is 5.89 Å². The van der Waals surface area contributed by atoms with Gasteiger partial charge in [-0.2, -0.15) is 0 Å². The first kappa shape index (κ1) is 12.5. The van der Waals surface area contributed by atoms with E-state index in [4.69, 9.17) is 9.15 Å². The third-order valence-corrected chi connectivity index (χ3v) is 2.56. The van der Waals surface area contributed by atoms with E-state index in [-0.39, 0.29) is 0 Å². The van der Waals surface area contributed by atoms with Crippen LogP contribution in [0.1, 0.15) is 12.8 Å². The first-order valence-electron chi connectivity index (χ1n) is 4.87. The van der Waals surface area contributed by atoms with Crippen LogP contribution < -0.4 is 5.32 Å². The average Bonchev–Trinajstić information content (AvgIpc) is 2.60. The number of rotatable bonds is 7. The van der Waals surface area contributed by atoms with Gasteiger partial charge in [0.1, 0.15) is 0 Å². The van der Waals surface area contributed by atoms with E-state index in [0.717, 1.165) is 18.9 Å². The van der Waals surface area contributed by atoms with Gasteiger partial charge in [-0.15, -0.1) is 10.2 Å². The van der Waals surface area contributed by atoms with Crippen LogP contribution in [0.2, 0.25) is 0 Å². The molecule has 0 aliphatic heterocycles. The zero-order valence-electron chi connectivity index (χ0n) is 9.32. The van der Waals surface area contributed by atoms with Gasteiger partial charge in [0.2, 0.25) is 5.89 Å². The van der Waals surface area contributed by atoms with Crippen LogP contribution in [0.15, 0.2) is 9.64 Å². The number of nitrogens with zero attached hydrogens (tertiary/aromatic N) is 2. The second kappa shape index (κ2) is 6.81. The summed E-state index contributed by atoms with van der Waals surface area (Å²) in [6.07, 6.45) is 0. The van der Waals surface area contributed by atoms with Gasteiger partial charge in [-0.1, -0.05) is 11.8 Å². The highest BCUT2D eigenvalue weighted by atomic mass is 32.2. The van der Waals surface area contributed by atoms with Crippen LogP contribution in [-0.4, -0.2) is 42.3 Å². The van der Waals surface area contributed by atoms with Gasteiger partial charge in [0.25, 0.3) is 5.22 Å². The molecule has 0 aromatic carbocycles. The maximum absolute atomic E-state index is 5.23. The molecule has 1 aromatic rings. The van der Waals surface area contributed by atoms with Gasteiger partial charge in [0.15, 0.2) is 0 Å². The monoisotopic (exact) mass is 231 g/mol. The third-order valence-electron chi connectivity index (χ3n) is 1.74. The molecule has 0 saturated carbocycles. The van der Waals surface area contributed by atoms with Crippen LogP contribution in [0, 0.1) is 6.92 Å². The molecule has 0 radical (unpaired) electrons. The molecule has 0 amide bonds. The van der Waals surface area contributed by atoms with E-state index in [9.17, 15) is 0 Å². The van der Waals surface area contributed by atoms with Gasteiger partial charge in [0.05, 0.1) is 6.61 Å². The number of methoxy groups -OCH3 is 1. The van der Waals surface area contributed by atoms with Crippen LogP contribution in [0.25, 0.3) is 0 Å². The van der Waals surface area contributed by atoms with E-state index in [1.165, 1.54) is 0 Å². The maximum atomic E-state index is 5.23. The van der Waals surface area contributed by atoms with Crippen molar-refractivity contribution < 1.29 is 9.15 Å². The van der Waals surface area contributed by atoms with Gasteiger partial charge >= 0.3 is 0 Å². The summed E-state index contributed by atoms with van der Waals surface area (Å²) >= 11 is 1.56. The molecule has 0 aliphatic rings. The molecule has 6 heteroatoms. The van der Waals surface area contributed by atoms with Gasteiger partial charge in [0, 0.05) is 32.4 Å². The van der Waals surface area contributed by atoms with E-state index in [1.807, 2.05) is 0 Å². The summed E-state index contributed by atoms with van der Waals surface area (Å²) in [7, 11) is 1.70. The van der Waals surface area contributed by atoms with E-state index in [1.54, 1.807) is 25.8 Å². The van der Waals surface area contributed by atoms with Crippen molar-refractivity contribution in [2.75, 3.05) is 26.0 Å². The first-order valence-corrected chi connectivity index (χ1v) is 5.86. The number of nitrogens with one attached hydrogen (secondary N) is 1. The molecule has 0 spiro atoms. The molecular formula is C9H17N3O2S.